The van der Waals surface area contributed by atoms with E-state index in [4.69, 9.17) is 5.11 Å². The average Bonchev–Trinajstić information content (AvgIpc) is 2.39. The van der Waals surface area contributed by atoms with Crippen molar-refractivity contribution in [1.29, 1.82) is 0 Å². The number of carboxylic acid groups (broad SMARTS) is 1. The number of aromatic nitrogens is 2. The molecule has 1 aromatic heterocycles. The quantitative estimate of drug-likeness (QED) is 0.580. The minimum absolute atomic E-state index is 0.0916. The lowest BCUT2D eigenvalue weighted by Crippen LogP contribution is -2.41. The summed E-state index contributed by atoms with van der Waals surface area (Å²) in [6.45, 7) is 4.38. The first-order valence-corrected chi connectivity index (χ1v) is 7.12. The molecule has 0 aromatic carbocycles. The topological polar surface area (TPSA) is 75.1 Å². The summed E-state index contributed by atoms with van der Waals surface area (Å²) < 4.78 is 0. The highest BCUT2D eigenvalue weighted by molar-refractivity contribution is 7.98. The Hall–Kier alpha value is -1.14. The Morgan fingerprint density at radius 1 is 1.50 bits per heavy atom. The zero-order valence-corrected chi connectivity index (χ0v) is 11.7. The van der Waals surface area contributed by atoms with E-state index in [1.165, 1.54) is 11.8 Å². The second kappa shape index (κ2) is 7.33. The van der Waals surface area contributed by atoms with Crippen molar-refractivity contribution in [2.75, 3.05) is 6.26 Å². The minimum atomic E-state index is -0.814. The molecule has 0 saturated heterocycles. The third kappa shape index (κ3) is 4.27. The van der Waals surface area contributed by atoms with E-state index in [2.05, 4.69) is 15.3 Å². The van der Waals surface area contributed by atoms with E-state index >= 15 is 0 Å². The average molecular weight is 269 g/mol. The van der Waals surface area contributed by atoms with E-state index < -0.39 is 12.0 Å². The monoisotopic (exact) mass is 269 g/mol. The van der Waals surface area contributed by atoms with Crippen molar-refractivity contribution in [3.8, 4) is 0 Å². The molecule has 1 heterocycles. The van der Waals surface area contributed by atoms with Crippen molar-refractivity contribution in [2.24, 2.45) is 5.92 Å². The highest BCUT2D eigenvalue weighted by atomic mass is 32.2. The summed E-state index contributed by atoms with van der Waals surface area (Å²) in [5.41, 5.74) is 0.891. The van der Waals surface area contributed by atoms with Gasteiger partial charge in [-0.3, -0.25) is 10.1 Å². The zero-order chi connectivity index (χ0) is 13.5. The van der Waals surface area contributed by atoms with Crippen molar-refractivity contribution in [3.63, 3.8) is 0 Å². The minimum Gasteiger partial charge on any atom is -0.480 e. The summed E-state index contributed by atoms with van der Waals surface area (Å²) in [7, 11) is 0. The van der Waals surface area contributed by atoms with E-state index in [0.29, 0.717) is 6.54 Å². The Kier molecular flexibility index (Phi) is 6.07. The lowest BCUT2D eigenvalue weighted by Gasteiger charge is -2.20. The van der Waals surface area contributed by atoms with Crippen LogP contribution >= 0.6 is 11.8 Å². The molecule has 0 saturated carbocycles. The van der Waals surface area contributed by atoms with E-state index in [1.807, 2.05) is 20.1 Å². The number of hydrogen-bond donors (Lipinski definition) is 2. The lowest BCUT2D eigenvalue weighted by molar-refractivity contribution is -0.140. The molecule has 18 heavy (non-hydrogen) atoms. The van der Waals surface area contributed by atoms with Crippen molar-refractivity contribution in [2.45, 2.75) is 38.0 Å². The van der Waals surface area contributed by atoms with Crippen LogP contribution in [-0.2, 0) is 11.3 Å². The van der Waals surface area contributed by atoms with Crippen LogP contribution in [0.2, 0.25) is 0 Å². The molecule has 100 valence electrons. The van der Waals surface area contributed by atoms with Gasteiger partial charge in [0.05, 0.1) is 0 Å². The summed E-state index contributed by atoms with van der Waals surface area (Å²) >= 11 is 1.48. The van der Waals surface area contributed by atoms with Crippen LogP contribution in [0.1, 0.15) is 25.8 Å². The van der Waals surface area contributed by atoms with Gasteiger partial charge in [0.1, 0.15) is 6.04 Å². The summed E-state index contributed by atoms with van der Waals surface area (Å²) in [6.07, 6.45) is 6.19. The predicted octanol–water partition coefficient (Wildman–Crippen LogP) is 1.79. The molecular formula is C12H19N3O2S. The second-order valence-corrected chi connectivity index (χ2v) is 4.93. The summed E-state index contributed by atoms with van der Waals surface area (Å²) in [4.78, 5) is 19.4. The van der Waals surface area contributed by atoms with Crippen LogP contribution < -0.4 is 5.32 Å². The van der Waals surface area contributed by atoms with Crippen LogP contribution in [0.25, 0.3) is 0 Å². The molecule has 0 aliphatic rings. The third-order valence-corrected chi connectivity index (χ3v) is 3.45. The fraction of sp³-hybridized carbons (Fsp3) is 0.583. The van der Waals surface area contributed by atoms with Crippen LogP contribution in [-0.4, -0.2) is 33.3 Å². The van der Waals surface area contributed by atoms with Gasteiger partial charge in [-0.1, -0.05) is 32.0 Å². The molecule has 2 unspecified atom stereocenters. The number of nitrogens with zero attached hydrogens (tertiary/aromatic N) is 2. The fourth-order valence-electron chi connectivity index (χ4n) is 1.54. The van der Waals surface area contributed by atoms with Crippen LogP contribution in [0.4, 0.5) is 0 Å². The van der Waals surface area contributed by atoms with Crippen molar-refractivity contribution < 1.29 is 9.90 Å². The van der Waals surface area contributed by atoms with E-state index in [9.17, 15) is 4.79 Å². The number of nitrogens with one attached hydrogen (secondary N) is 1. The van der Waals surface area contributed by atoms with Gasteiger partial charge in [-0.25, -0.2) is 9.97 Å². The molecule has 0 aliphatic carbocycles. The number of hydrogen-bond acceptors (Lipinski definition) is 5. The summed E-state index contributed by atoms with van der Waals surface area (Å²) in [6, 6.07) is -0.532. The fourth-order valence-corrected chi connectivity index (χ4v) is 1.85. The molecule has 0 amide bonds. The molecule has 0 aliphatic heterocycles. The highest BCUT2D eigenvalue weighted by Gasteiger charge is 2.22. The highest BCUT2D eigenvalue weighted by Crippen LogP contribution is 2.10. The van der Waals surface area contributed by atoms with Gasteiger partial charge in [-0.05, 0) is 12.2 Å². The maximum atomic E-state index is 11.1. The van der Waals surface area contributed by atoms with Crippen molar-refractivity contribution in [1.82, 2.24) is 15.3 Å². The normalized spacial score (nSPS) is 14.2. The zero-order valence-electron chi connectivity index (χ0n) is 10.9. The Morgan fingerprint density at radius 2 is 2.11 bits per heavy atom. The van der Waals surface area contributed by atoms with Gasteiger partial charge >= 0.3 is 5.97 Å². The van der Waals surface area contributed by atoms with Crippen molar-refractivity contribution in [3.05, 3.63) is 18.0 Å². The van der Waals surface area contributed by atoms with Crippen LogP contribution in [0.15, 0.2) is 17.6 Å². The van der Waals surface area contributed by atoms with Gasteiger partial charge in [0.25, 0.3) is 0 Å². The largest absolute Gasteiger partial charge is 0.480 e. The molecule has 0 spiro atoms. The first-order valence-electron chi connectivity index (χ1n) is 5.89. The molecule has 2 N–H and O–H groups in total. The number of rotatable bonds is 7. The molecule has 5 nitrogen and oxygen atoms in total. The number of aliphatic carboxylic acids is 1. The smallest absolute Gasteiger partial charge is 0.320 e. The predicted molar refractivity (Wildman–Crippen MR) is 71.5 cm³/mol. The van der Waals surface area contributed by atoms with Gasteiger partial charge in [-0.2, -0.15) is 0 Å². The molecule has 1 aromatic rings. The standard InChI is InChI=1S/C12H19N3O2S/c1-4-8(2)10(11(16)17)13-5-9-6-14-12(18-3)15-7-9/h6-8,10,13H,4-5H2,1-3H3,(H,16,17). The van der Waals surface area contributed by atoms with Crippen LogP contribution in [0.3, 0.4) is 0 Å². The molecule has 6 heteroatoms. The van der Waals surface area contributed by atoms with E-state index in [1.54, 1.807) is 12.4 Å². The van der Waals surface area contributed by atoms with Crippen LogP contribution in [0, 0.1) is 5.92 Å². The molecule has 0 radical (unpaired) electrons. The van der Waals surface area contributed by atoms with E-state index in [0.717, 1.165) is 17.1 Å². The van der Waals surface area contributed by atoms with E-state index in [-0.39, 0.29) is 5.92 Å². The molecule has 2 atom stereocenters. The number of thioether (sulfide) groups is 1. The Morgan fingerprint density at radius 3 is 2.56 bits per heavy atom. The molecule has 0 fully saturated rings. The number of carbonyl (C=O) groups is 1. The molecular weight excluding hydrogens is 250 g/mol. The van der Waals surface area contributed by atoms with Crippen molar-refractivity contribution >= 4 is 17.7 Å². The third-order valence-electron chi connectivity index (χ3n) is 2.87. The van der Waals surface area contributed by atoms with Gasteiger partial charge in [0.2, 0.25) is 0 Å². The first kappa shape index (κ1) is 14.9. The lowest BCUT2D eigenvalue weighted by atomic mass is 9.99. The van der Waals surface area contributed by atoms with Gasteiger partial charge < -0.3 is 5.11 Å². The summed E-state index contributed by atoms with van der Waals surface area (Å²) in [5.74, 6) is -0.722. The molecule has 0 bridgehead atoms. The Labute approximate surface area is 111 Å². The Balaban J connectivity index is 2.58. The van der Waals surface area contributed by atoms with Gasteiger partial charge in [0, 0.05) is 24.5 Å². The van der Waals surface area contributed by atoms with Gasteiger partial charge in [-0.15, -0.1) is 0 Å². The summed E-state index contributed by atoms with van der Waals surface area (Å²) in [5, 5.41) is 12.9. The maximum Gasteiger partial charge on any atom is 0.320 e. The SMILES string of the molecule is CCC(C)C(NCc1cnc(SC)nc1)C(=O)O. The number of carboxylic acids is 1. The van der Waals surface area contributed by atoms with Crippen LogP contribution in [0.5, 0.6) is 0 Å². The second-order valence-electron chi connectivity index (χ2n) is 4.16. The molecule has 1 rings (SSSR count). The Bertz CT molecular complexity index is 383. The van der Waals surface area contributed by atoms with Gasteiger partial charge in [0.15, 0.2) is 5.16 Å². The first-order chi connectivity index (χ1) is 8.58. The maximum absolute atomic E-state index is 11.1.